The zero-order valence-electron chi connectivity index (χ0n) is 9.80. The van der Waals surface area contributed by atoms with Gasteiger partial charge in [-0.15, -0.1) is 0 Å². The van der Waals surface area contributed by atoms with E-state index in [0.717, 1.165) is 5.69 Å². The Labute approximate surface area is 98.6 Å². The van der Waals surface area contributed by atoms with Gasteiger partial charge in [-0.3, -0.25) is 9.48 Å². The van der Waals surface area contributed by atoms with Gasteiger partial charge in [0.2, 0.25) is 5.91 Å². The van der Waals surface area contributed by atoms with Gasteiger partial charge in [0.1, 0.15) is 5.76 Å². The van der Waals surface area contributed by atoms with Crippen molar-refractivity contribution in [3.8, 4) is 0 Å². The van der Waals surface area contributed by atoms with Crippen molar-refractivity contribution in [3.05, 3.63) is 29.8 Å². The highest BCUT2D eigenvalue weighted by Crippen LogP contribution is 2.07. The van der Waals surface area contributed by atoms with Crippen LogP contribution in [0.15, 0.2) is 22.9 Å². The largest absolute Gasteiger partial charge is 0.360 e. The Balaban J connectivity index is 1.82. The molecule has 90 valence electrons. The number of hydrogen-bond donors (Lipinski definition) is 1. The fourth-order valence-electron chi connectivity index (χ4n) is 1.43. The number of anilines is 1. The summed E-state index contributed by atoms with van der Waals surface area (Å²) in [7, 11) is 0. The number of nitrogens with one attached hydrogen (secondary N) is 1. The van der Waals surface area contributed by atoms with Crippen LogP contribution < -0.4 is 5.32 Å². The summed E-state index contributed by atoms with van der Waals surface area (Å²) in [6, 6.07) is 3.58. The van der Waals surface area contributed by atoms with Crippen LogP contribution in [0.2, 0.25) is 0 Å². The van der Waals surface area contributed by atoms with Gasteiger partial charge in [-0.1, -0.05) is 5.16 Å². The Morgan fingerprint density at radius 2 is 2.35 bits per heavy atom. The van der Waals surface area contributed by atoms with Crippen LogP contribution >= 0.6 is 0 Å². The standard InChI is InChI=1S/C11H14N4O2/c1-8-3-5-15(13-8)6-4-11(16)12-10-7-9(2)17-14-10/h3,5,7H,4,6H2,1-2H3,(H,12,14,16). The van der Waals surface area contributed by atoms with E-state index < -0.39 is 0 Å². The fraction of sp³-hybridized carbons (Fsp3) is 0.364. The first-order valence-electron chi connectivity index (χ1n) is 5.37. The molecule has 0 aromatic carbocycles. The molecule has 2 heterocycles. The molecule has 0 atom stereocenters. The van der Waals surface area contributed by atoms with Crippen LogP contribution in [0.1, 0.15) is 17.9 Å². The topological polar surface area (TPSA) is 73.0 Å². The van der Waals surface area contributed by atoms with Gasteiger partial charge in [-0.25, -0.2) is 0 Å². The number of carbonyl (C=O) groups is 1. The predicted molar refractivity (Wildman–Crippen MR) is 61.5 cm³/mol. The monoisotopic (exact) mass is 234 g/mol. The number of aromatic nitrogens is 3. The molecule has 0 spiro atoms. The van der Waals surface area contributed by atoms with E-state index in [1.807, 2.05) is 19.2 Å². The Kier molecular flexibility index (Phi) is 3.22. The van der Waals surface area contributed by atoms with Crippen molar-refractivity contribution in [1.82, 2.24) is 14.9 Å². The second-order valence-corrected chi connectivity index (χ2v) is 3.84. The number of nitrogens with zero attached hydrogens (tertiary/aromatic N) is 3. The highest BCUT2D eigenvalue weighted by Gasteiger charge is 2.06. The molecule has 6 nitrogen and oxygen atoms in total. The van der Waals surface area contributed by atoms with Gasteiger partial charge < -0.3 is 9.84 Å². The summed E-state index contributed by atoms with van der Waals surface area (Å²) in [5, 5.41) is 10.5. The first kappa shape index (κ1) is 11.4. The van der Waals surface area contributed by atoms with E-state index >= 15 is 0 Å². The summed E-state index contributed by atoms with van der Waals surface area (Å²) in [6.45, 7) is 4.24. The molecule has 0 saturated carbocycles. The molecule has 6 heteroatoms. The first-order chi connectivity index (χ1) is 8.13. The maximum atomic E-state index is 11.6. The average molecular weight is 234 g/mol. The van der Waals surface area contributed by atoms with Crippen molar-refractivity contribution in [1.29, 1.82) is 0 Å². The number of hydrogen-bond acceptors (Lipinski definition) is 4. The zero-order chi connectivity index (χ0) is 12.3. The van der Waals surface area contributed by atoms with Crippen LogP contribution in [0.25, 0.3) is 0 Å². The lowest BCUT2D eigenvalue weighted by molar-refractivity contribution is -0.116. The minimum atomic E-state index is -0.105. The Morgan fingerprint density at radius 1 is 1.53 bits per heavy atom. The second-order valence-electron chi connectivity index (χ2n) is 3.84. The van der Waals surface area contributed by atoms with E-state index in [2.05, 4.69) is 15.6 Å². The highest BCUT2D eigenvalue weighted by atomic mass is 16.5. The summed E-state index contributed by atoms with van der Waals surface area (Å²) in [5.74, 6) is 1.01. The van der Waals surface area contributed by atoms with Crippen LogP contribution in [0.5, 0.6) is 0 Å². The number of amides is 1. The maximum Gasteiger partial charge on any atom is 0.227 e. The van der Waals surface area contributed by atoms with Crippen molar-refractivity contribution in [2.24, 2.45) is 0 Å². The van der Waals surface area contributed by atoms with Crippen LogP contribution in [-0.2, 0) is 11.3 Å². The van der Waals surface area contributed by atoms with E-state index in [4.69, 9.17) is 4.52 Å². The third kappa shape index (κ3) is 3.17. The van der Waals surface area contributed by atoms with E-state index in [0.29, 0.717) is 24.5 Å². The Bertz CT molecular complexity index is 515. The molecule has 0 aliphatic rings. The normalized spacial score (nSPS) is 10.5. The minimum Gasteiger partial charge on any atom is -0.360 e. The fourth-order valence-corrected chi connectivity index (χ4v) is 1.43. The molecule has 2 aromatic rings. The third-order valence-electron chi connectivity index (χ3n) is 2.24. The molecule has 0 unspecified atom stereocenters. The van der Waals surface area contributed by atoms with E-state index in [-0.39, 0.29) is 5.91 Å². The highest BCUT2D eigenvalue weighted by molar-refractivity contribution is 5.89. The molecule has 2 aromatic heterocycles. The SMILES string of the molecule is Cc1ccn(CCC(=O)Nc2cc(C)on2)n1. The molecule has 1 amide bonds. The van der Waals surface area contributed by atoms with Gasteiger partial charge in [-0.2, -0.15) is 5.10 Å². The average Bonchev–Trinajstić information content (AvgIpc) is 2.85. The van der Waals surface area contributed by atoms with Gasteiger partial charge in [0.15, 0.2) is 5.82 Å². The lowest BCUT2D eigenvalue weighted by atomic mass is 10.4. The molecule has 2 rings (SSSR count). The number of carbonyl (C=O) groups excluding carboxylic acids is 1. The zero-order valence-corrected chi connectivity index (χ0v) is 9.80. The van der Waals surface area contributed by atoms with Crippen molar-refractivity contribution in [2.45, 2.75) is 26.8 Å². The van der Waals surface area contributed by atoms with Crippen molar-refractivity contribution >= 4 is 11.7 Å². The summed E-state index contributed by atoms with van der Waals surface area (Å²) in [6.07, 6.45) is 2.20. The molecular formula is C11H14N4O2. The summed E-state index contributed by atoms with van der Waals surface area (Å²) in [5.41, 5.74) is 0.942. The van der Waals surface area contributed by atoms with Gasteiger partial charge in [-0.05, 0) is 19.9 Å². The summed E-state index contributed by atoms with van der Waals surface area (Å²) in [4.78, 5) is 11.6. The first-order valence-corrected chi connectivity index (χ1v) is 5.37. The summed E-state index contributed by atoms with van der Waals surface area (Å²) >= 11 is 0. The van der Waals surface area contributed by atoms with Crippen molar-refractivity contribution in [3.63, 3.8) is 0 Å². The number of aryl methyl sites for hydroxylation is 3. The third-order valence-corrected chi connectivity index (χ3v) is 2.24. The van der Waals surface area contributed by atoms with Crippen LogP contribution in [-0.4, -0.2) is 20.8 Å². The predicted octanol–water partition coefficient (Wildman–Crippen LogP) is 1.52. The van der Waals surface area contributed by atoms with Gasteiger partial charge in [0.25, 0.3) is 0 Å². The Hall–Kier alpha value is -2.11. The van der Waals surface area contributed by atoms with Crippen molar-refractivity contribution < 1.29 is 9.32 Å². The van der Waals surface area contributed by atoms with Crippen LogP contribution in [0.3, 0.4) is 0 Å². The summed E-state index contributed by atoms with van der Waals surface area (Å²) < 4.78 is 6.59. The van der Waals surface area contributed by atoms with E-state index in [9.17, 15) is 4.79 Å². The molecular weight excluding hydrogens is 220 g/mol. The lowest BCUT2D eigenvalue weighted by Crippen LogP contribution is -2.14. The molecule has 0 bridgehead atoms. The lowest BCUT2D eigenvalue weighted by Gasteiger charge is -2.01. The molecule has 0 fully saturated rings. The van der Waals surface area contributed by atoms with Crippen LogP contribution in [0.4, 0.5) is 5.82 Å². The molecule has 17 heavy (non-hydrogen) atoms. The van der Waals surface area contributed by atoms with Crippen LogP contribution in [0, 0.1) is 13.8 Å². The molecule has 0 aliphatic heterocycles. The van der Waals surface area contributed by atoms with Gasteiger partial charge in [0.05, 0.1) is 5.69 Å². The minimum absolute atomic E-state index is 0.105. The van der Waals surface area contributed by atoms with Crippen molar-refractivity contribution in [2.75, 3.05) is 5.32 Å². The molecule has 0 radical (unpaired) electrons. The number of rotatable bonds is 4. The van der Waals surface area contributed by atoms with E-state index in [1.165, 1.54) is 0 Å². The maximum absolute atomic E-state index is 11.6. The molecule has 1 N–H and O–H groups in total. The molecule has 0 saturated heterocycles. The smallest absolute Gasteiger partial charge is 0.227 e. The molecule has 0 aliphatic carbocycles. The van der Waals surface area contributed by atoms with Gasteiger partial charge >= 0.3 is 0 Å². The van der Waals surface area contributed by atoms with Gasteiger partial charge in [0, 0.05) is 25.2 Å². The second kappa shape index (κ2) is 4.82. The Morgan fingerprint density at radius 3 is 2.94 bits per heavy atom. The quantitative estimate of drug-likeness (QED) is 0.870. The van der Waals surface area contributed by atoms with E-state index in [1.54, 1.807) is 17.7 Å².